The van der Waals surface area contributed by atoms with E-state index in [2.05, 4.69) is 10.3 Å². The van der Waals surface area contributed by atoms with Crippen LogP contribution < -0.4 is 20.5 Å². The number of thiophene rings is 1. The van der Waals surface area contributed by atoms with Gasteiger partial charge in [-0.1, -0.05) is 29.8 Å². The highest BCUT2D eigenvalue weighted by atomic mass is 35.5. The van der Waals surface area contributed by atoms with Crippen molar-refractivity contribution in [1.82, 2.24) is 10.3 Å². The van der Waals surface area contributed by atoms with E-state index in [1.165, 1.54) is 17.5 Å². The first-order valence-corrected chi connectivity index (χ1v) is 11.9. The second kappa shape index (κ2) is 11.2. The van der Waals surface area contributed by atoms with Crippen molar-refractivity contribution >= 4 is 44.7 Å². The second-order valence-corrected chi connectivity index (χ2v) is 8.85. The van der Waals surface area contributed by atoms with Crippen molar-refractivity contribution in [3.8, 4) is 11.5 Å². The molecule has 0 atom stereocenters. The standard InChI is InChI=1S/C25H24ClN3O4S/c26-18-7-5-16(6-8-18)13-32-19-3-1-4-20(11-19)33-14-17-15-34-23-21(12-29-24(27)22(17)23)25(31)28-9-2-10-30/h1,3-8,11-12,15,30H,2,9-10,13-14H2,(H2,27,29)(H,28,31). The molecule has 2 aromatic heterocycles. The summed E-state index contributed by atoms with van der Waals surface area (Å²) in [7, 11) is 0. The maximum absolute atomic E-state index is 12.5. The van der Waals surface area contributed by atoms with E-state index in [0.717, 1.165) is 21.2 Å². The van der Waals surface area contributed by atoms with Crippen LogP contribution in [0.3, 0.4) is 0 Å². The van der Waals surface area contributed by atoms with E-state index in [4.69, 9.17) is 31.9 Å². The fourth-order valence-electron chi connectivity index (χ4n) is 3.34. The van der Waals surface area contributed by atoms with Crippen molar-refractivity contribution in [3.63, 3.8) is 0 Å². The Kier molecular flexibility index (Phi) is 7.84. The molecule has 176 valence electrons. The lowest BCUT2D eigenvalue weighted by atomic mass is 10.1. The highest BCUT2D eigenvalue weighted by molar-refractivity contribution is 7.17. The third-order valence-electron chi connectivity index (χ3n) is 5.08. The van der Waals surface area contributed by atoms with Crippen LogP contribution in [0.2, 0.25) is 5.02 Å². The first-order chi connectivity index (χ1) is 16.5. The lowest BCUT2D eigenvalue weighted by molar-refractivity contribution is 0.0952. The number of hydrogen-bond donors (Lipinski definition) is 3. The summed E-state index contributed by atoms with van der Waals surface area (Å²) in [4.78, 5) is 16.7. The number of nitrogens with two attached hydrogens (primary N) is 1. The number of carbonyl (C=O) groups is 1. The SMILES string of the molecule is Nc1ncc(C(=O)NCCCO)c2scc(COc3cccc(OCc4ccc(Cl)cc4)c3)c12. The number of nitrogen functional groups attached to an aromatic ring is 1. The first-order valence-electron chi connectivity index (χ1n) is 10.7. The van der Waals surface area contributed by atoms with Gasteiger partial charge in [-0.25, -0.2) is 4.98 Å². The normalized spacial score (nSPS) is 10.9. The number of hydrogen-bond acceptors (Lipinski definition) is 7. The van der Waals surface area contributed by atoms with Gasteiger partial charge in [0.1, 0.15) is 30.5 Å². The summed E-state index contributed by atoms with van der Waals surface area (Å²) in [6.45, 7) is 1.09. The number of nitrogens with zero attached hydrogens (tertiary/aromatic N) is 1. The van der Waals surface area contributed by atoms with E-state index >= 15 is 0 Å². The summed E-state index contributed by atoms with van der Waals surface area (Å²) in [6.07, 6.45) is 1.97. The minimum atomic E-state index is -0.245. The molecule has 0 spiro atoms. The van der Waals surface area contributed by atoms with Gasteiger partial charge in [-0.2, -0.15) is 0 Å². The van der Waals surface area contributed by atoms with Crippen LogP contribution in [0, 0.1) is 0 Å². The number of aromatic nitrogens is 1. The van der Waals surface area contributed by atoms with Crippen molar-refractivity contribution < 1.29 is 19.4 Å². The Labute approximate surface area is 206 Å². The van der Waals surface area contributed by atoms with E-state index in [-0.39, 0.29) is 19.1 Å². The van der Waals surface area contributed by atoms with E-state index in [0.29, 0.717) is 47.5 Å². The predicted molar refractivity (Wildman–Crippen MR) is 135 cm³/mol. The molecule has 4 aromatic rings. The summed E-state index contributed by atoms with van der Waals surface area (Å²) >= 11 is 7.35. The lowest BCUT2D eigenvalue weighted by Gasteiger charge is -2.10. The molecule has 2 aromatic carbocycles. The number of amides is 1. The fraction of sp³-hybridized carbons (Fsp3) is 0.200. The number of nitrogens with one attached hydrogen (secondary N) is 1. The van der Waals surface area contributed by atoms with E-state index in [1.807, 2.05) is 53.9 Å². The monoisotopic (exact) mass is 497 g/mol. The highest BCUT2D eigenvalue weighted by Gasteiger charge is 2.17. The molecule has 0 bridgehead atoms. The number of carbonyl (C=O) groups excluding carboxylic acids is 1. The molecule has 1 amide bonds. The molecule has 9 heteroatoms. The van der Waals surface area contributed by atoms with Crippen molar-refractivity contribution in [2.45, 2.75) is 19.6 Å². The van der Waals surface area contributed by atoms with Gasteiger partial charge < -0.3 is 25.6 Å². The van der Waals surface area contributed by atoms with Gasteiger partial charge in [-0.15, -0.1) is 11.3 Å². The number of aliphatic hydroxyl groups excluding tert-OH is 1. The van der Waals surface area contributed by atoms with E-state index < -0.39 is 0 Å². The van der Waals surface area contributed by atoms with Crippen LogP contribution in [0.25, 0.3) is 10.1 Å². The molecule has 34 heavy (non-hydrogen) atoms. The van der Waals surface area contributed by atoms with Gasteiger partial charge in [0.25, 0.3) is 5.91 Å². The quantitative estimate of drug-likeness (QED) is 0.272. The number of halogens is 1. The average molecular weight is 498 g/mol. The second-order valence-electron chi connectivity index (χ2n) is 7.53. The Balaban J connectivity index is 1.44. The maximum Gasteiger partial charge on any atom is 0.254 e. The summed E-state index contributed by atoms with van der Waals surface area (Å²) in [5.74, 6) is 1.44. The third kappa shape index (κ3) is 5.77. The Morgan fingerprint density at radius 2 is 1.85 bits per heavy atom. The summed E-state index contributed by atoms with van der Waals surface area (Å²) < 4.78 is 12.6. The number of fused-ring (bicyclic) bond motifs is 1. The molecule has 0 aliphatic heterocycles. The number of rotatable bonds is 10. The van der Waals surface area contributed by atoms with Crippen LogP contribution >= 0.6 is 22.9 Å². The minimum absolute atomic E-state index is 0.0174. The molecular weight excluding hydrogens is 474 g/mol. The molecular formula is C25H24ClN3O4S. The van der Waals surface area contributed by atoms with Crippen molar-refractivity contribution in [2.75, 3.05) is 18.9 Å². The van der Waals surface area contributed by atoms with Crippen LogP contribution in [-0.2, 0) is 13.2 Å². The van der Waals surface area contributed by atoms with Crippen LogP contribution in [-0.4, -0.2) is 29.1 Å². The zero-order valence-corrected chi connectivity index (χ0v) is 19.9. The third-order valence-corrected chi connectivity index (χ3v) is 6.40. The zero-order chi connectivity index (χ0) is 23.9. The molecule has 0 unspecified atom stereocenters. The Hall–Kier alpha value is -3.33. The van der Waals surface area contributed by atoms with Gasteiger partial charge in [-0.05, 0) is 41.6 Å². The number of pyridine rings is 1. The van der Waals surface area contributed by atoms with Gasteiger partial charge in [0, 0.05) is 41.4 Å². The zero-order valence-electron chi connectivity index (χ0n) is 18.3. The van der Waals surface area contributed by atoms with Gasteiger partial charge >= 0.3 is 0 Å². The van der Waals surface area contributed by atoms with Crippen LogP contribution in [0.1, 0.15) is 27.9 Å². The molecule has 4 rings (SSSR count). The topological polar surface area (TPSA) is 107 Å². The summed E-state index contributed by atoms with van der Waals surface area (Å²) in [5, 5.41) is 15.0. The van der Waals surface area contributed by atoms with Crippen molar-refractivity contribution in [3.05, 3.63) is 81.8 Å². The molecule has 2 heterocycles. The lowest BCUT2D eigenvalue weighted by Crippen LogP contribution is -2.25. The summed E-state index contributed by atoms with van der Waals surface area (Å²) in [5.41, 5.74) is 8.45. The van der Waals surface area contributed by atoms with Crippen LogP contribution in [0.15, 0.2) is 60.1 Å². The van der Waals surface area contributed by atoms with Crippen molar-refractivity contribution in [2.24, 2.45) is 0 Å². The minimum Gasteiger partial charge on any atom is -0.489 e. The average Bonchev–Trinajstić information content (AvgIpc) is 3.28. The Morgan fingerprint density at radius 3 is 2.59 bits per heavy atom. The van der Waals surface area contributed by atoms with Gasteiger partial charge in [0.05, 0.1) is 10.3 Å². The molecule has 0 saturated carbocycles. The Morgan fingerprint density at radius 1 is 1.12 bits per heavy atom. The van der Waals surface area contributed by atoms with Crippen LogP contribution in [0.5, 0.6) is 11.5 Å². The molecule has 0 radical (unpaired) electrons. The first kappa shape index (κ1) is 23.8. The van der Waals surface area contributed by atoms with E-state index in [1.54, 1.807) is 0 Å². The number of ether oxygens (including phenoxy) is 2. The van der Waals surface area contributed by atoms with Gasteiger partial charge in [0.2, 0.25) is 0 Å². The highest BCUT2D eigenvalue weighted by Crippen LogP contribution is 2.33. The fourth-order valence-corrected chi connectivity index (χ4v) is 4.53. The number of benzene rings is 2. The molecule has 0 aliphatic carbocycles. The molecule has 0 saturated heterocycles. The van der Waals surface area contributed by atoms with Crippen LogP contribution in [0.4, 0.5) is 5.82 Å². The van der Waals surface area contributed by atoms with Gasteiger partial charge in [-0.3, -0.25) is 4.79 Å². The smallest absolute Gasteiger partial charge is 0.254 e. The molecule has 0 aliphatic rings. The molecule has 0 fully saturated rings. The van der Waals surface area contributed by atoms with Crippen molar-refractivity contribution in [1.29, 1.82) is 0 Å². The Bertz CT molecular complexity index is 1280. The maximum atomic E-state index is 12.5. The summed E-state index contributed by atoms with van der Waals surface area (Å²) in [6, 6.07) is 14.9. The number of aliphatic hydroxyl groups is 1. The van der Waals surface area contributed by atoms with Gasteiger partial charge in [0.15, 0.2) is 0 Å². The largest absolute Gasteiger partial charge is 0.489 e. The van der Waals surface area contributed by atoms with E-state index in [9.17, 15) is 4.79 Å². The predicted octanol–water partition coefficient (Wildman–Crippen LogP) is 4.80. The number of anilines is 1. The molecule has 7 nitrogen and oxygen atoms in total. The molecule has 4 N–H and O–H groups in total.